The van der Waals surface area contributed by atoms with Gasteiger partial charge in [0.15, 0.2) is 11.5 Å². The molecule has 0 saturated heterocycles. The highest BCUT2D eigenvalue weighted by atomic mass is 16.2. The van der Waals surface area contributed by atoms with Gasteiger partial charge in [0.2, 0.25) is 0 Å². The van der Waals surface area contributed by atoms with E-state index < -0.39 is 0 Å². The van der Waals surface area contributed by atoms with E-state index in [2.05, 4.69) is 20.6 Å². The highest BCUT2D eigenvalue weighted by molar-refractivity contribution is 5.92. The van der Waals surface area contributed by atoms with Crippen LogP contribution >= 0.6 is 0 Å². The topological polar surface area (TPSA) is 72.7 Å². The van der Waals surface area contributed by atoms with Crippen molar-refractivity contribution in [2.24, 2.45) is 0 Å². The Morgan fingerprint density at radius 1 is 1.08 bits per heavy atom. The van der Waals surface area contributed by atoms with Crippen molar-refractivity contribution in [2.75, 3.05) is 0 Å². The molecule has 2 aromatic heterocycles. The maximum Gasteiger partial charge on any atom is 0.272 e. The molecule has 0 aliphatic heterocycles. The molecule has 0 aliphatic rings. The molecule has 1 amide bonds. The van der Waals surface area contributed by atoms with Gasteiger partial charge in [0.05, 0.1) is 11.7 Å². The van der Waals surface area contributed by atoms with E-state index in [1.54, 1.807) is 16.8 Å². The van der Waals surface area contributed by atoms with Crippen LogP contribution in [0.1, 0.15) is 40.4 Å². The van der Waals surface area contributed by atoms with Gasteiger partial charge >= 0.3 is 0 Å². The summed E-state index contributed by atoms with van der Waals surface area (Å²) in [5, 5.41) is 15.4. The van der Waals surface area contributed by atoms with Crippen LogP contribution in [0.15, 0.2) is 48.5 Å². The predicted molar refractivity (Wildman–Crippen MR) is 91.0 cm³/mol. The molecule has 6 nitrogen and oxygen atoms in total. The van der Waals surface area contributed by atoms with Crippen molar-refractivity contribution in [1.82, 2.24) is 25.3 Å². The van der Waals surface area contributed by atoms with Crippen molar-refractivity contribution < 1.29 is 4.79 Å². The summed E-state index contributed by atoms with van der Waals surface area (Å²) in [5.74, 6) is 0.340. The SMILES string of the molecule is Cc1cc(C)n(-c2ccc(C(=O)N[C@@H](C)c3ccccc3)nn2)n1. The molecule has 0 aliphatic carbocycles. The maximum atomic E-state index is 12.3. The van der Waals surface area contributed by atoms with E-state index in [0.29, 0.717) is 5.82 Å². The van der Waals surface area contributed by atoms with Crippen molar-refractivity contribution in [2.45, 2.75) is 26.8 Å². The average molecular weight is 321 g/mol. The third-order valence-electron chi connectivity index (χ3n) is 3.76. The van der Waals surface area contributed by atoms with Gasteiger partial charge in [-0.2, -0.15) is 5.10 Å². The lowest BCUT2D eigenvalue weighted by Gasteiger charge is -2.13. The van der Waals surface area contributed by atoms with Crippen LogP contribution < -0.4 is 5.32 Å². The van der Waals surface area contributed by atoms with Gasteiger partial charge in [0, 0.05) is 5.69 Å². The van der Waals surface area contributed by atoms with Crippen molar-refractivity contribution >= 4 is 5.91 Å². The molecule has 0 saturated carbocycles. The Morgan fingerprint density at radius 3 is 2.42 bits per heavy atom. The molecule has 6 heteroatoms. The number of nitrogens with one attached hydrogen (secondary N) is 1. The number of hydrogen-bond acceptors (Lipinski definition) is 4. The fraction of sp³-hybridized carbons (Fsp3) is 0.222. The van der Waals surface area contributed by atoms with E-state index in [0.717, 1.165) is 17.0 Å². The van der Waals surface area contributed by atoms with Crippen LogP contribution in [0.4, 0.5) is 0 Å². The Hall–Kier alpha value is -3.02. The number of carbonyl (C=O) groups excluding carboxylic acids is 1. The average Bonchev–Trinajstić information content (AvgIpc) is 2.94. The Kier molecular flexibility index (Phi) is 4.37. The minimum atomic E-state index is -0.251. The van der Waals surface area contributed by atoms with E-state index in [9.17, 15) is 4.79 Å². The van der Waals surface area contributed by atoms with Crippen LogP contribution in [0, 0.1) is 13.8 Å². The lowest BCUT2D eigenvalue weighted by atomic mass is 10.1. The number of amides is 1. The van der Waals surface area contributed by atoms with E-state index in [1.165, 1.54) is 0 Å². The van der Waals surface area contributed by atoms with Crippen molar-refractivity contribution in [3.05, 3.63) is 71.2 Å². The van der Waals surface area contributed by atoms with Gasteiger partial charge in [-0.25, -0.2) is 4.68 Å². The maximum absolute atomic E-state index is 12.3. The van der Waals surface area contributed by atoms with E-state index in [1.807, 2.05) is 57.2 Å². The molecule has 0 radical (unpaired) electrons. The van der Waals surface area contributed by atoms with Gasteiger partial charge in [0.1, 0.15) is 0 Å². The first kappa shape index (κ1) is 15.9. The van der Waals surface area contributed by atoms with Crippen LogP contribution in [-0.4, -0.2) is 25.9 Å². The predicted octanol–water partition coefficient (Wildman–Crippen LogP) is 2.77. The minimum Gasteiger partial charge on any atom is -0.344 e. The molecule has 122 valence electrons. The standard InChI is InChI=1S/C18H19N5O/c1-12-11-13(2)23(22-12)17-10-9-16(20-21-17)18(24)19-14(3)15-7-5-4-6-8-15/h4-11,14H,1-3H3,(H,19,24)/t14-/m0/s1. The number of carbonyl (C=O) groups is 1. The Bertz CT molecular complexity index is 840. The molecule has 0 spiro atoms. The molecular formula is C18H19N5O. The summed E-state index contributed by atoms with van der Waals surface area (Å²) in [5.41, 5.74) is 3.20. The summed E-state index contributed by atoms with van der Waals surface area (Å²) in [6.07, 6.45) is 0. The summed E-state index contributed by atoms with van der Waals surface area (Å²) in [4.78, 5) is 12.3. The van der Waals surface area contributed by atoms with Gasteiger partial charge in [-0.3, -0.25) is 4.79 Å². The minimum absolute atomic E-state index is 0.101. The van der Waals surface area contributed by atoms with Gasteiger partial charge < -0.3 is 5.32 Å². The molecule has 1 atom stereocenters. The van der Waals surface area contributed by atoms with Crippen LogP contribution in [0.3, 0.4) is 0 Å². The summed E-state index contributed by atoms with van der Waals surface area (Å²) >= 11 is 0. The summed E-state index contributed by atoms with van der Waals surface area (Å²) in [6.45, 7) is 5.80. The molecular weight excluding hydrogens is 302 g/mol. The summed E-state index contributed by atoms with van der Waals surface area (Å²) in [6, 6.07) is 15.1. The number of nitrogens with zero attached hydrogens (tertiary/aromatic N) is 4. The number of benzene rings is 1. The van der Waals surface area contributed by atoms with Crippen molar-refractivity contribution in [3.63, 3.8) is 0 Å². The molecule has 0 fully saturated rings. The lowest BCUT2D eigenvalue weighted by molar-refractivity contribution is 0.0934. The second-order valence-electron chi connectivity index (χ2n) is 5.72. The Balaban J connectivity index is 1.73. The van der Waals surface area contributed by atoms with Gasteiger partial charge in [-0.15, -0.1) is 10.2 Å². The fourth-order valence-electron chi connectivity index (χ4n) is 2.52. The van der Waals surface area contributed by atoms with Crippen LogP contribution in [0.25, 0.3) is 5.82 Å². The Labute approximate surface area is 140 Å². The second kappa shape index (κ2) is 6.62. The highest BCUT2D eigenvalue weighted by Gasteiger charge is 2.14. The van der Waals surface area contributed by atoms with E-state index >= 15 is 0 Å². The lowest BCUT2D eigenvalue weighted by Crippen LogP contribution is -2.27. The quantitative estimate of drug-likeness (QED) is 0.802. The van der Waals surface area contributed by atoms with E-state index in [-0.39, 0.29) is 17.6 Å². The second-order valence-corrected chi connectivity index (χ2v) is 5.72. The third kappa shape index (κ3) is 3.32. The number of rotatable bonds is 4. The highest BCUT2D eigenvalue weighted by Crippen LogP contribution is 2.13. The first-order valence-corrected chi connectivity index (χ1v) is 7.78. The summed E-state index contributed by atoms with van der Waals surface area (Å²) < 4.78 is 1.70. The zero-order valence-corrected chi connectivity index (χ0v) is 13.9. The van der Waals surface area contributed by atoms with Crippen molar-refractivity contribution in [1.29, 1.82) is 0 Å². The monoisotopic (exact) mass is 321 g/mol. The zero-order valence-electron chi connectivity index (χ0n) is 13.9. The molecule has 24 heavy (non-hydrogen) atoms. The Morgan fingerprint density at radius 2 is 1.83 bits per heavy atom. The van der Waals surface area contributed by atoms with Crippen LogP contribution in [0.5, 0.6) is 0 Å². The molecule has 0 bridgehead atoms. The van der Waals surface area contributed by atoms with E-state index in [4.69, 9.17) is 0 Å². The molecule has 1 N–H and O–H groups in total. The normalized spacial score (nSPS) is 12.0. The van der Waals surface area contributed by atoms with Gasteiger partial charge in [0.25, 0.3) is 5.91 Å². The fourth-order valence-corrected chi connectivity index (χ4v) is 2.52. The third-order valence-corrected chi connectivity index (χ3v) is 3.76. The first-order chi connectivity index (χ1) is 11.5. The first-order valence-electron chi connectivity index (χ1n) is 7.78. The van der Waals surface area contributed by atoms with Crippen molar-refractivity contribution in [3.8, 4) is 5.82 Å². The molecule has 3 rings (SSSR count). The number of hydrogen-bond donors (Lipinski definition) is 1. The van der Waals surface area contributed by atoms with Crippen LogP contribution in [0.2, 0.25) is 0 Å². The van der Waals surface area contributed by atoms with Gasteiger partial charge in [-0.1, -0.05) is 30.3 Å². The molecule has 1 aromatic carbocycles. The smallest absolute Gasteiger partial charge is 0.272 e. The largest absolute Gasteiger partial charge is 0.344 e. The number of aryl methyl sites for hydroxylation is 2. The molecule has 0 unspecified atom stereocenters. The zero-order chi connectivity index (χ0) is 17.1. The molecule has 3 aromatic rings. The summed E-state index contributed by atoms with van der Waals surface area (Å²) in [7, 11) is 0. The number of aromatic nitrogens is 4. The molecule has 2 heterocycles. The van der Waals surface area contributed by atoms with Crippen LogP contribution in [-0.2, 0) is 0 Å². The van der Waals surface area contributed by atoms with Gasteiger partial charge in [-0.05, 0) is 44.5 Å².